The molecule has 0 bridgehead atoms. The van der Waals surface area contributed by atoms with Crippen LogP contribution in [0.15, 0.2) is 24.3 Å². The molecule has 1 aromatic rings. The van der Waals surface area contributed by atoms with Gasteiger partial charge in [-0.1, -0.05) is 6.07 Å². The van der Waals surface area contributed by atoms with E-state index in [0.717, 1.165) is 0 Å². The third kappa shape index (κ3) is 4.77. The Morgan fingerprint density at radius 2 is 2.33 bits per heavy atom. The van der Waals surface area contributed by atoms with Crippen molar-refractivity contribution in [3.63, 3.8) is 0 Å². The van der Waals surface area contributed by atoms with Crippen LogP contribution in [-0.4, -0.2) is 53.9 Å². The minimum Gasteiger partial charge on any atom is -0.394 e. The zero-order chi connectivity index (χ0) is 15.5. The molecule has 1 saturated heterocycles. The predicted octanol–water partition coefficient (Wildman–Crippen LogP) is 1.24. The van der Waals surface area contributed by atoms with Gasteiger partial charge in [0, 0.05) is 18.8 Å². The first-order chi connectivity index (χ1) is 9.88. The second-order valence-electron chi connectivity index (χ2n) is 5.91. The normalized spacial score (nSPS) is 22.0. The summed E-state index contributed by atoms with van der Waals surface area (Å²) in [6.07, 6.45) is -0.296. The van der Waals surface area contributed by atoms with Gasteiger partial charge in [0.25, 0.3) is 0 Å². The van der Waals surface area contributed by atoms with E-state index in [1.807, 2.05) is 18.7 Å². The quantitative estimate of drug-likeness (QED) is 0.877. The Morgan fingerprint density at radius 3 is 3.00 bits per heavy atom. The summed E-state index contributed by atoms with van der Waals surface area (Å²) in [7, 11) is 0. The Morgan fingerprint density at radius 1 is 1.57 bits per heavy atom. The number of halogens is 1. The minimum atomic E-state index is -0.412. The molecule has 21 heavy (non-hydrogen) atoms. The fourth-order valence-electron chi connectivity index (χ4n) is 2.60. The molecule has 2 rings (SSSR count). The fraction of sp³-hybridized carbons (Fsp3) is 0.533. The van der Waals surface area contributed by atoms with E-state index in [4.69, 9.17) is 4.74 Å². The van der Waals surface area contributed by atoms with Crippen molar-refractivity contribution in [3.8, 4) is 0 Å². The number of ether oxygens (including phenoxy) is 1. The smallest absolute Gasteiger partial charge is 0.238 e. The number of benzene rings is 1. The molecule has 6 heteroatoms. The van der Waals surface area contributed by atoms with E-state index in [9.17, 15) is 14.3 Å². The standard InChI is InChI=1S/C15H21FN2O3/c1-15(2)10-18(7-13(9-19)21-15)8-14(20)17-12-5-3-4-11(16)6-12/h3-6,13,19H,7-10H2,1-2H3,(H,17,20). The molecule has 0 radical (unpaired) electrons. The van der Waals surface area contributed by atoms with Gasteiger partial charge >= 0.3 is 0 Å². The van der Waals surface area contributed by atoms with Crippen molar-refractivity contribution in [2.24, 2.45) is 0 Å². The number of nitrogens with zero attached hydrogens (tertiary/aromatic N) is 1. The lowest BCUT2D eigenvalue weighted by molar-refractivity contribution is -0.151. The monoisotopic (exact) mass is 296 g/mol. The molecule has 116 valence electrons. The average molecular weight is 296 g/mol. The number of morpholine rings is 1. The Kier molecular flexibility index (Phi) is 4.92. The zero-order valence-corrected chi connectivity index (χ0v) is 12.3. The molecule has 1 fully saturated rings. The molecule has 0 aliphatic carbocycles. The van der Waals surface area contributed by atoms with E-state index < -0.39 is 5.60 Å². The highest BCUT2D eigenvalue weighted by molar-refractivity contribution is 5.92. The Hall–Kier alpha value is -1.50. The van der Waals surface area contributed by atoms with Crippen LogP contribution in [0.25, 0.3) is 0 Å². The Bertz CT molecular complexity index is 507. The molecule has 5 nitrogen and oxygen atoms in total. The van der Waals surface area contributed by atoms with Crippen molar-refractivity contribution < 1.29 is 19.0 Å². The SMILES string of the molecule is CC1(C)CN(CC(=O)Nc2cccc(F)c2)CC(CO)O1. The van der Waals surface area contributed by atoms with Crippen molar-refractivity contribution in [3.05, 3.63) is 30.1 Å². The Balaban J connectivity index is 1.92. The third-order valence-electron chi connectivity index (χ3n) is 3.23. The summed E-state index contributed by atoms with van der Waals surface area (Å²) in [5.41, 5.74) is 0.0244. The molecule has 2 N–H and O–H groups in total. The van der Waals surface area contributed by atoms with Crippen LogP contribution < -0.4 is 5.32 Å². The molecule has 1 unspecified atom stereocenters. The number of carbonyl (C=O) groups excluding carboxylic acids is 1. The lowest BCUT2D eigenvalue weighted by Gasteiger charge is -2.41. The number of aliphatic hydroxyl groups excluding tert-OH is 1. The van der Waals surface area contributed by atoms with Crippen molar-refractivity contribution in [2.45, 2.75) is 25.6 Å². The van der Waals surface area contributed by atoms with E-state index in [2.05, 4.69) is 5.32 Å². The van der Waals surface area contributed by atoms with E-state index in [1.165, 1.54) is 12.1 Å². The first-order valence-corrected chi connectivity index (χ1v) is 6.94. The van der Waals surface area contributed by atoms with Gasteiger partial charge in [0.05, 0.1) is 24.9 Å². The molecular weight excluding hydrogens is 275 g/mol. The number of rotatable bonds is 4. The maximum Gasteiger partial charge on any atom is 0.238 e. The molecule has 1 aromatic carbocycles. The largest absolute Gasteiger partial charge is 0.394 e. The average Bonchev–Trinajstić information content (AvgIpc) is 2.36. The highest BCUT2D eigenvalue weighted by Gasteiger charge is 2.33. The van der Waals surface area contributed by atoms with Crippen LogP contribution in [-0.2, 0) is 9.53 Å². The lowest BCUT2D eigenvalue weighted by atomic mass is 10.1. The van der Waals surface area contributed by atoms with E-state index in [1.54, 1.807) is 12.1 Å². The van der Waals surface area contributed by atoms with Crippen LogP contribution in [0, 0.1) is 5.82 Å². The molecule has 1 atom stereocenters. The molecule has 0 aromatic heterocycles. The van der Waals surface area contributed by atoms with Crippen LogP contribution in [0.5, 0.6) is 0 Å². The van der Waals surface area contributed by atoms with Gasteiger partial charge in [-0.3, -0.25) is 9.69 Å². The summed E-state index contributed by atoms with van der Waals surface area (Å²) in [5, 5.41) is 11.9. The van der Waals surface area contributed by atoms with Crippen LogP contribution in [0.3, 0.4) is 0 Å². The van der Waals surface area contributed by atoms with E-state index in [0.29, 0.717) is 18.8 Å². The van der Waals surface area contributed by atoms with Gasteiger partial charge in [-0.05, 0) is 32.0 Å². The molecule has 0 saturated carbocycles. The van der Waals surface area contributed by atoms with Crippen LogP contribution in [0.2, 0.25) is 0 Å². The van der Waals surface area contributed by atoms with Gasteiger partial charge in [-0.15, -0.1) is 0 Å². The van der Waals surface area contributed by atoms with Crippen LogP contribution in [0.4, 0.5) is 10.1 Å². The Labute approximate surface area is 123 Å². The van der Waals surface area contributed by atoms with Crippen molar-refractivity contribution in [1.29, 1.82) is 0 Å². The second kappa shape index (κ2) is 6.51. The number of hydrogen-bond acceptors (Lipinski definition) is 4. The zero-order valence-electron chi connectivity index (χ0n) is 12.3. The summed E-state index contributed by atoms with van der Waals surface area (Å²) in [4.78, 5) is 13.9. The topological polar surface area (TPSA) is 61.8 Å². The lowest BCUT2D eigenvalue weighted by Crippen LogP contribution is -2.55. The number of carbonyl (C=O) groups is 1. The summed E-state index contributed by atoms with van der Waals surface area (Å²) >= 11 is 0. The second-order valence-corrected chi connectivity index (χ2v) is 5.91. The molecule has 1 amide bonds. The number of aliphatic hydroxyl groups is 1. The molecule has 1 aliphatic rings. The molecule has 0 spiro atoms. The number of hydrogen-bond donors (Lipinski definition) is 2. The molecule has 1 aliphatic heterocycles. The van der Waals surface area contributed by atoms with E-state index >= 15 is 0 Å². The van der Waals surface area contributed by atoms with Gasteiger partial charge in [0.15, 0.2) is 0 Å². The predicted molar refractivity (Wildman–Crippen MR) is 77.5 cm³/mol. The van der Waals surface area contributed by atoms with Gasteiger partial charge in [-0.25, -0.2) is 4.39 Å². The fourth-order valence-corrected chi connectivity index (χ4v) is 2.60. The first kappa shape index (κ1) is 15.9. The van der Waals surface area contributed by atoms with Crippen LogP contribution >= 0.6 is 0 Å². The van der Waals surface area contributed by atoms with Crippen molar-refractivity contribution in [2.75, 3.05) is 31.6 Å². The summed E-state index contributed by atoms with van der Waals surface area (Å²) < 4.78 is 18.8. The van der Waals surface area contributed by atoms with Crippen molar-refractivity contribution in [1.82, 2.24) is 4.90 Å². The van der Waals surface area contributed by atoms with Gasteiger partial charge in [-0.2, -0.15) is 0 Å². The minimum absolute atomic E-state index is 0.0779. The van der Waals surface area contributed by atoms with Gasteiger partial charge < -0.3 is 15.2 Å². The maximum atomic E-state index is 13.1. The number of nitrogens with one attached hydrogen (secondary N) is 1. The summed E-state index contributed by atoms with van der Waals surface area (Å²) in [5.74, 6) is -0.601. The first-order valence-electron chi connectivity index (χ1n) is 6.94. The highest BCUT2D eigenvalue weighted by Crippen LogP contribution is 2.20. The number of anilines is 1. The maximum absolute atomic E-state index is 13.1. The summed E-state index contributed by atoms with van der Waals surface area (Å²) in [6.45, 7) is 5.04. The van der Waals surface area contributed by atoms with Gasteiger partial charge in [0.2, 0.25) is 5.91 Å². The summed E-state index contributed by atoms with van der Waals surface area (Å²) in [6, 6.07) is 5.79. The van der Waals surface area contributed by atoms with E-state index in [-0.39, 0.29) is 31.0 Å². The third-order valence-corrected chi connectivity index (χ3v) is 3.23. The van der Waals surface area contributed by atoms with Crippen molar-refractivity contribution >= 4 is 11.6 Å². The van der Waals surface area contributed by atoms with Gasteiger partial charge in [0.1, 0.15) is 5.82 Å². The highest BCUT2D eigenvalue weighted by atomic mass is 19.1. The molecule has 1 heterocycles. The van der Waals surface area contributed by atoms with Crippen LogP contribution in [0.1, 0.15) is 13.8 Å². The molecular formula is C15H21FN2O3. The number of amides is 1.